The molecule has 0 radical (unpaired) electrons. The summed E-state index contributed by atoms with van der Waals surface area (Å²) >= 11 is 2.99. The topological polar surface area (TPSA) is 70.6 Å². The van der Waals surface area contributed by atoms with Crippen molar-refractivity contribution >= 4 is 54.2 Å². The van der Waals surface area contributed by atoms with Gasteiger partial charge in [-0.3, -0.25) is 9.69 Å². The molecule has 2 aromatic carbocycles. The molecule has 0 fully saturated rings. The largest absolute Gasteiger partial charge is 0.302 e. The number of thiazole rings is 1. The first kappa shape index (κ1) is 24.7. The molecule has 3 rings (SSSR count). The summed E-state index contributed by atoms with van der Waals surface area (Å²) in [5, 5.41) is 0.583. The average Bonchev–Trinajstić information content (AvgIpc) is 3.19. The minimum Gasteiger partial charge on any atom is -0.302 e. The van der Waals surface area contributed by atoms with Gasteiger partial charge in [-0.25, -0.2) is 13.4 Å². The van der Waals surface area contributed by atoms with Crippen LogP contribution in [0.3, 0.4) is 0 Å². The molecule has 1 heterocycles. The van der Waals surface area contributed by atoms with E-state index in [1.165, 1.54) is 17.6 Å². The highest BCUT2D eigenvalue weighted by Gasteiger charge is 2.24. The van der Waals surface area contributed by atoms with E-state index in [0.717, 1.165) is 35.0 Å². The summed E-state index contributed by atoms with van der Waals surface area (Å²) in [7, 11) is -3.32. The number of aromatic nitrogens is 1. The van der Waals surface area contributed by atoms with Crippen LogP contribution in [0.15, 0.2) is 52.3 Å². The quantitative estimate of drug-likeness (QED) is 0.380. The molecule has 1 aromatic heterocycles. The zero-order valence-corrected chi connectivity index (χ0v) is 21.3. The molecule has 3 aromatic rings. The van der Waals surface area contributed by atoms with Crippen molar-refractivity contribution in [3.05, 3.63) is 48.0 Å². The van der Waals surface area contributed by atoms with Gasteiger partial charge in [-0.2, -0.15) is 0 Å². The fourth-order valence-electron chi connectivity index (χ4n) is 3.37. The van der Waals surface area contributed by atoms with Gasteiger partial charge in [-0.1, -0.05) is 44.2 Å². The van der Waals surface area contributed by atoms with Crippen molar-refractivity contribution in [2.75, 3.05) is 43.1 Å². The third kappa shape index (κ3) is 5.70. The second-order valence-electron chi connectivity index (χ2n) is 7.31. The van der Waals surface area contributed by atoms with Crippen LogP contribution in [0, 0.1) is 0 Å². The molecule has 172 valence electrons. The van der Waals surface area contributed by atoms with E-state index in [-0.39, 0.29) is 10.8 Å². The second kappa shape index (κ2) is 10.8. The number of sulfone groups is 1. The van der Waals surface area contributed by atoms with Crippen LogP contribution in [0.1, 0.15) is 31.1 Å². The summed E-state index contributed by atoms with van der Waals surface area (Å²) in [6, 6.07) is 12.6. The lowest BCUT2D eigenvalue weighted by Crippen LogP contribution is -2.39. The van der Waals surface area contributed by atoms with Crippen LogP contribution in [0.5, 0.6) is 0 Å². The lowest BCUT2D eigenvalue weighted by molar-refractivity contribution is 0.0981. The van der Waals surface area contributed by atoms with Gasteiger partial charge >= 0.3 is 0 Å². The maximum absolute atomic E-state index is 13.7. The molecule has 0 bridgehead atoms. The summed E-state index contributed by atoms with van der Waals surface area (Å²) in [5.74, 6) is 0.787. The number of nitrogens with zero attached hydrogens (tertiary/aromatic N) is 3. The first-order valence-electron chi connectivity index (χ1n) is 10.6. The molecule has 0 atom stereocenters. The number of carbonyl (C=O) groups excluding carboxylic acids is 1. The predicted molar refractivity (Wildman–Crippen MR) is 135 cm³/mol. The van der Waals surface area contributed by atoms with Crippen molar-refractivity contribution in [2.45, 2.75) is 30.6 Å². The average molecular weight is 492 g/mol. The lowest BCUT2D eigenvalue weighted by atomic mass is 10.2. The van der Waals surface area contributed by atoms with Crippen molar-refractivity contribution in [2.24, 2.45) is 0 Å². The van der Waals surface area contributed by atoms with Gasteiger partial charge in [-0.05, 0) is 49.2 Å². The third-order valence-corrected chi connectivity index (χ3v) is 8.31. The Labute approximate surface area is 198 Å². The maximum Gasteiger partial charge on any atom is 0.261 e. The number of amides is 1. The van der Waals surface area contributed by atoms with Crippen LogP contribution in [0.25, 0.3) is 10.2 Å². The summed E-state index contributed by atoms with van der Waals surface area (Å²) in [6.07, 6.45) is 1.19. The fourth-order valence-corrected chi connectivity index (χ4v) is 5.92. The van der Waals surface area contributed by atoms with Crippen molar-refractivity contribution in [3.8, 4) is 0 Å². The fraction of sp³-hybridized carbons (Fsp3) is 0.391. The first-order valence-corrected chi connectivity index (χ1v) is 14.3. The maximum atomic E-state index is 13.7. The summed E-state index contributed by atoms with van der Waals surface area (Å²) < 4.78 is 24.7. The van der Waals surface area contributed by atoms with Gasteiger partial charge in [0.05, 0.1) is 20.7 Å². The number of anilines is 1. The minimum absolute atomic E-state index is 0.0869. The zero-order valence-electron chi connectivity index (χ0n) is 18.9. The smallest absolute Gasteiger partial charge is 0.261 e. The van der Waals surface area contributed by atoms with Gasteiger partial charge in [0.1, 0.15) is 0 Å². The molecule has 0 unspecified atom stereocenters. The van der Waals surface area contributed by atoms with Gasteiger partial charge < -0.3 is 4.90 Å². The molecular formula is C23H29N3O3S3. The van der Waals surface area contributed by atoms with Gasteiger partial charge in [0, 0.05) is 24.2 Å². The summed E-state index contributed by atoms with van der Waals surface area (Å²) in [4.78, 5) is 23.6. The number of thioether (sulfide) groups is 1. The van der Waals surface area contributed by atoms with Gasteiger partial charge in [0.15, 0.2) is 15.0 Å². The van der Waals surface area contributed by atoms with Crippen molar-refractivity contribution in [1.82, 2.24) is 9.88 Å². The van der Waals surface area contributed by atoms with E-state index in [9.17, 15) is 13.2 Å². The van der Waals surface area contributed by atoms with Crippen LogP contribution in [-0.2, 0) is 9.84 Å². The van der Waals surface area contributed by atoms with Crippen LogP contribution >= 0.6 is 23.1 Å². The molecule has 0 spiro atoms. The highest BCUT2D eigenvalue weighted by Crippen LogP contribution is 2.32. The van der Waals surface area contributed by atoms with Crippen molar-refractivity contribution < 1.29 is 13.2 Å². The van der Waals surface area contributed by atoms with Crippen molar-refractivity contribution in [1.29, 1.82) is 0 Å². The Balaban J connectivity index is 2.03. The van der Waals surface area contributed by atoms with E-state index in [4.69, 9.17) is 4.98 Å². The highest BCUT2D eigenvalue weighted by molar-refractivity contribution is 7.99. The van der Waals surface area contributed by atoms with E-state index < -0.39 is 9.84 Å². The lowest BCUT2D eigenvalue weighted by Gasteiger charge is -2.25. The molecule has 0 aliphatic rings. The summed E-state index contributed by atoms with van der Waals surface area (Å²) in [6.45, 7) is 9.31. The zero-order chi connectivity index (χ0) is 23.3. The molecule has 0 saturated heterocycles. The van der Waals surface area contributed by atoms with Crippen LogP contribution in [0.4, 0.5) is 5.13 Å². The molecule has 6 nitrogen and oxygen atoms in total. The van der Waals surface area contributed by atoms with Crippen LogP contribution in [-0.4, -0.2) is 62.4 Å². The van der Waals surface area contributed by atoms with Gasteiger partial charge in [-0.15, -0.1) is 11.8 Å². The highest BCUT2D eigenvalue weighted by atomic mass is 32.2. The summed E-state index contributed by atoms with van der Waals surface area (Å²) in [5.41, 5.74) is 1.35. The Kier molecular flexibility index (Phi) is 8.32. The van der Waals surface area contributed by atoms with Crippen molar-refractivity contribution in [3.63, 3.8) is 0 Å². The molecular weight excluding hydrogens is 462 g/mol. The van der Waals surface area contributed by atoms with E-state index in [1.54, 1.807) is 34.9 Å². The number of likely N-dealkylation sites (N-methyl/N-ethyl adjacent to an activating group) is 1. The Bertz CT molecular complexity index is 1190. The van der Waals surface area contributed by atoms with Crippen LogP contribution < -0.4 is 4.90 Å². The monoisotopic (exact) mass is 491 g/mol. The van der Waals surface area contributed by atoms with E-state index in [1.807, 2.05) is 24.3 Å². The molecule has 1 amide bonds. The molecule has 32 heavy (non-hydrogen) atoms. The number of rotatable bonds is 10. The first-order chi connectivity index (χ1) is 15.3. The second-order valence-corrected chi connectivity index (χ2v) is 11.6. The number of benzene rings is 2. The van der Waals surface area contributed by atoms with E-state index >= 15 is 0 Å². The Hall–Kier alpha value is -1.94. The molecule has 0 aliphatic carbocycles. The SMILES string of the molecule is CCSc1ccccc1C(=O)N(CCN(CC)CC)c1nc2ccc(S(C)(=O)=O)cc2s1. The molecule has 0 N–H and O–H groups in total. The van der Waals surface area contributed by atoms with E-state index in [0.29, 0.717) is 22.8 Å². The molecule has 0 saturated carbocycles. The Morgan fingerprint density at radius 2 is 1.78 bits per heavy atom. The van der Waals surface area contributed by atoms with Crippen LogP contribution in [0.2, 0.25) is 0 Å². The van der Waals surface area contributed by atoms with Gasteiger partial charge in [0.25, 0.3) is 5.91 Å². The molecule has 0 aliphatic heterocycles. The predicted octanol–water partition coefficient (Wildman–Crippen LogP) is 4.80. The number of carbonyl (C=O) groups is 1. The number of hydrogen-bond acceptors (Lipinski definition) is 7. The standard InChI is InChI=1S/C23H29N3O3S3/c1-5-25(6-2)14-15-26(22(27)18-10-8-9-11-20(18)30-7-3)23-24-19-13-12-17(32(4,28)29)16-21(19)31-23/h8-13,16H,5-7,14-15H2,1-4H3. The number of hydrogen-bond donors (Lipinski definition) is 0. The number of fused-ring (bicyclic) bond motifs is 1. The minimum atomic E-state index is -3.32. The Morgan fingerprint density at radius 3 is 2.44 bits per heavy atom. The normalized spacial score (nSPS) is 11.9. The Morgan fingerprint density at radius 1 is 1.06 bits per heavy atom. The third-order valence-electron chi connectivity index (χ3n) is 5.20. The van der Waals surface area contributed by atoms with E-state index in [2.05, 4.69) is 25.7 Å². The molecule has 9 heteroatoms. The van der Waals surface area contributed by atoms with Gasteiger partial charge in [0.2, 0.25) is 0 Å².